The van der Waals surface area contributed by atoms with Crippen molar-refractivity contribution in [2.24, 2.45) is 0 Å². The van der Waals surface area contributed by atoms with Gasteiger partial charge in [-0.3, -0.25) is 0 Å². The van der Waals surface area contributed by atoms with Crippen LogP contribution in [0.4, 0.5) is 16.2 Å². The third kappa shape index (κ3) is 2.54. The lowest BCUT2D eigenvalue weighted by molar-refractivity contribution is 0.440. The highest BCUT2D eigenvalue weighted by Crippen LogP contribution is 2.36. The first-order chi connectivity index (χ1) is 10.1. The van der Waals surface area contributed by atoms with Crippen molar-refractivity contribution in [1.29, 1.82) is 0 Å². The lowest BCUT2D eigenvalue weighted by atomic mass is 9.85. The molecule has 5 nitrogen and oxygen atoms in total. The summed E-state index contributed by atoms with van der Waals surface area (Å²) >= 11 is 0. The maximum Gasteiger partial charge on any atom is 0.222 e. The van der Waals surface area contributed by atoms with Crippen molar-refractivity contribution >= 4 is 11.8 Å². The molecule has 1 unspecified atom stereocenters. The zero-order valence-corrected chi connectivity index (χ0v) is 11.8. The number of nitrogen functional groups attached to an aromatic ring is 2. The lowest BCUT2D eigenvalue weighted by Gasteiger charge is -2.31. The summed E-state index contributed by atoms with van der Waals surface area (Å²) in [5, 5.41) is 3.45. The second-order valence-electron chi connectivity index (χ2n) is 5.35. The Morgan fingerprint density at radius 1 is 1.24 bits per heavy atom. The molecule has 1 aromatic heterocycles. The summed E-state index contributed by atoms with van der Waals surface area (Å²) in [6.45, 7) is 2.88. The second kappa shape index (κ2) is 5.29. The molecule has 0 amide bonds. The number of nitrogens with zero attached hydrogens (tertiary/aromatic N) is 2. The normalized spacial score (nSPS) is 19.0. The van der Waals surface area contributed by atoms with Crippen LogP contribution in [0.3, 0.4) is 0 Å². The van der Waals surface area contributed by atoms with E-state index >= 15 is 0 Å². The van der Waals surface area contributed by atoms with E-state index in [0.29, 0.717) is 5.82 Å². The van der Waals surface area contributed by atoms with Gasteiger partial charge >= 0.3 is 0 Å². The van der Waals surface area contributed by atoms with E-state index in [4.69, 9.17) is 11.5 Å². The maximum atomic E-state index is 13.1. The number of rotatable bonds is 2. The van der Waals surface area contributed by atoms with Gasteiger partial charge in [0.05, 0.1) is 5.69 Å². The highest BCUT2D eigenvalue weighted by atomic mass is 19.1. The first-order valence-corrected chi connectivity index (χ1v) is 6.97. The van der Waals surface area contributed by atoms with Gasteiger partial charge in [0.2, 0.25) is 5.95 Å². The van der Waals surface area contributed by atoms with Gasteiger partial charge in [-0.1, -0.05) is 19.1 Å². The summed E-state index contributed by atoms with van der Waals surface area (Å²) in [5.74, 6) is 0.516. The molecule has 2 heterocycles. The molecule has 1 aromatic carbocycles. The van der Waals surface area contributed by atoms with Crippen LogP contribution in [0.15, 0.2) is 24.3 Å². The van der Waals surface area contributed by atoms with Crippen molar-refractivity contribution in [2.45, 2.75) is 25.3 Å². The minimum Gasteiger partial charge on any atom is -0.383 e. The Morgan fingerprint density at radius 2 is 1.95 bits per heavy atom. The lowest BCUT2D eigenvalue weighted by Crippen LogP contribution is -2.35. The number of nitrogens with two attached hydrogens (primary N) is 2. The molecule has 0 spiro atoms. The molecule has 3 rings (SSSR count). The summed E-state index contributed by atoms with van der Waals surface area (Å²) in [6.07, 6.45) is 0.777. The first-order valence-electron chi connectivity index (χ1n) is 6.97. The van der Waals surface area contributed by atoms with E-state index in [1.54, 1.807) is 12.1 Å². The van der Waals surface area contributed by atoms with E-state index in [9.17, 15) is 4.39 Å². The van der Waals surface area contributed by atoms with Gasteiger partial charge in [-0.2, -0.15) is 4.98 Å². The smallest absolute Gasteiger partial charge is 0.222 e. The van der Waals surface area contributed by atoms with E-state index in [1.807, 2.05) is 0 Å². The van der Waals surface area contributed by atoms with Crippen LogP contribution in [0.2, 0.25) is 0 Å². The quantitative estimate of drug-likeness (QED) is 0.783. The van der Waals surface area contributed by atoms with Gasteiger partial charge in [-0.15, -0.1) is 0 Å². The summed E-state index contributed by atoms with van der Waals surface area (Å²) in [6, 6.07) is 6.53. The number of hydrogen-bond acceptors (Lipinski definition) is 5. The van der Waals surface area contributed by atoms with Crippen LogP contribution in [0.25, 0.3) is 0 Å². The van der Waals surface area contributed by atoms with E-state index < -0.39 is 0 Å². The fraction of sp³-hybridized carbons (Fsp3) is 0.333. The van der Waals surface area contributed by atoms with E-state index in [2.05, 4.69) is 22.2 Å². The predicted octanol–water partition coefficient (Wildman–Crippen LogP) is 1.77. The van der Waals surface area contributed by atoms with Crippen molar-refractivity contribution in [3.05, 3.63) is 46.9 Å². The molecular formula is C15H18FN5. The molecule has 0 radical (unpaired) electrons. The Bertz CT molecular complexity index is 656. The molecule has 6 heteroatoms. The number of benzene rings is 1. The number of nitrogens with one attached hydrogen (secondary N) is 1. The van der Waals surface area contributed by atoms with Crippen LogP contribution in [0, 0.1) is 5.82 Å². The Balaban J connectivity index is 2.00. The van der Waals surface area contributed by atoms with E-state index in [-0.39, 0.29) is 23.7 Å². The highest BCUT2D eigenvalue weighted by Gasteiger charge is 2.29. The van der Waals surface area contributed by atoms with Crippen LogP contribution in [-0.2, 0) is 6.42 Å². The monoisotopic (exact) mass is 287 g/mol. The number of hydrogen-bond donors (Lipinski definition) is 3. The maximum absolute atomic E-state index is 13.1. The average Bonchev–Trinajstić information content (AvgIpc) is 2.46. The predicted molar refractivity (Wildman–Crippen MR) is 80.1 cm³/mol. The summed E-state index contributed by atoms with van der Waals surface area (Å²) in [7, 11) is 0. The fourth-order valence-corrected chi connectivity index (χ4v) is 2.92. The Hall–Kier alpha value is -2.21. The van der Waals surface area contributed by atoms with Gasteiger partial charge in [0.25, 0.3) is 0 Å². The molecule has 0 fully saturated rings. The summed E-state index contributed by atoms with van der Waals surface area (Å²) in [5.41, 5.74) is 14.6. The highest BCUT2D eigenvalue weighted by molar-refractivity contribution is 5.50. The van der Waals surface area contributed by atoms with Crippen LogP contribution in [0.5, 0.6) is 0 Å². The largest absolute Gasteiger partial charge is 0.383 e. The van der Waals surface area contributed by atoms with Crippen LogP contribution < -0.4 is 16.8 Å². The number of aromatic nitrogens is 2. The molecule has 2 aromatic rings. The second-order valence-corrected chi connectivity index (χ2v) is 5.35. The molecular weight excluding hydrogens is 269 g/mol. The molecule has 110 valence electrons. The Kier molecular flexibility index (Phi) is 3.47. The van der Waals surface area contributed by atoms with Crippen molar-refractivity contribution < 1.29 is 4.39 Å². The topological polar surface area (TPSA) is 89.8 Å². The third-order valence-corrected chi connectivity index (χ3v) is 4.00. The van der Waals surface area contributed by atoms with Crippen molar-refractivity contribution in [3.8, 4) is 0 Å². The van der Waals surface area contributed by atoms with Crippen molar-refractivity contribution in [2.75, 3.05) is 18.0 Å². The molecule has 0 saturated heterocycles. The minimum atomic E-state index is -0.237. The zero-order chi connectivity index (χ0) is 15.0. The standard InChI is InChI=1S/C15H18FN5/c1-8(9-2-4-10(16)5-3-9)13-12-11(6-7-19-13)20-15(18)21-14(12)17/h2-5,8,13,19H,6-7H2,1H3,(H4,17,18,20,21)/t8?,13-/m0/s1. The van der Waals surface area contributed by atoms with Gasteiger partial charge in [0.1, 0.15) is 11.6 Å². The fourth-order valence-electron chi connectivity index (χ4n) is 2.92. The van der Waals surface area contributed by atoms with Crippen molar-refractivity contribution in [3.63, 3.8) is 0 Å². The van der Waals surface area contributed by atoms with Gasteiger partial charge in [-0.25, -0.2) is 9.37 Å². The summed E-state index contributed by atoms with van der Waals surface area (Å²) < 4.78 is 13.1. The minimum absolute atomic E-state index is 0.000175. The molecule has 1 aliphatic rings. The Morgan fingerprint density at radius 3 is 2.67 bits per heavy atom. The molecule has 0 bridgehead atoms. The molecule has 5 N–H and O–H groups in total. The number of fused-ring (bicyclic) bond motifs is 1. The first kappa shape index (κ1) is 13.8. The number of halogens is 1. The van der Waals surface area contributed by atoms with Gasteiger partial charge in [0, 0.05) is 30.5 Å². The van der Waals surface area contributed by atoms with E-state index in [1.165, 1.54) is 12.1 Å². The average molecular weight is 287 g/mol. The van der Waals surface area contributed by atoms with Crippen LogP contribution in [0.1, 0.15) is 35.7 Å². The van der Waals surface area contributed by atoms with Crippen molar-refractivity contribution in [1.82, 2.24) is 15.3 Å². The third-order valence-electron chi connectivity index (χ3n) is 4.00. The molecule has 0 aliphatic carbocycles. The zero-order valence-electron chi connectivity index (χ0n) is 11.8. The SMILES string of the molecule is CC(c1ccc(F)cc1)[C@@H]1NCCc2nc(N)nc(N)c21. The summed E-state index contributed by atoms with van der Waals surface area (Å²) in [4.78, 5) is 8.37. The van der Waals surface area contributed by atoms with Gasteiger partial charge in [-0.05, 0) is 17.7 Å². The molecule has 2 atom stereocenters. The van der Waals surface area contributed by atoms with E-state index in [0.717, 1.165) is 29.8 Å². The molecule has 0 saturated carbocycles. The molecule has 21 heavy (non-hydrogen) atoms. The Labute approximate surface area is 122 Å². The molecule has 1 aliphatic heterocycles. The van der Waals surface area contributed by atoms with Crippen LogP contribution >= 0.6 is 0 Å². The number of anilines is 2. The van der Waals surface area contributed by atoms with Crippen LogP contribution in [-0.4, -0.2) is 16.5 Å². The van der Waals surface area contributed by atoms with Gasteiger partial charge in [0.15, 0.2) is 0 Å². The van der Waals surface area contributed by atoms with Gasteiger partial charge < -0.3 is 16.8 Å².